The van der Waals surface area contributed by atoms with Crippen LogP contribution in [-0.2, 0) is 39.2 Å². The van der Waals surface area contributed by atoms with Crippen LogP contribution in [0.25, 0.3) is 0 Å². The second kappa shape index (κ2) is 16.4. The number of carbonyl (C=O) groups excluding carboxylic acids is 2. The van der Waals surface area contributed by atoms with E-state index in [1.807, 2.05) is 60.7 Å². The lowest BCUT2D eigenvalue weighted by molar-refractivity contribution is -0.140. The molecule has 1 atom stereocenters. The predicted octanol–water partition coefficient (Wildman–Crippen LogP) is 6.26. The van der Waals surface area contributed by atoms with Crippen LogP contribution < -0.4 is 14.4 Å². The molecule has 4 aromatic carbocycles. The number of benzene rings is 4. The Morgan fingerprint density at radius 2 is 1.44 bits per heavy atom. The minimum Gasteiger partial charge on any atom is -0.489 e. The highest BCUT2D eigenvalue weighted by Crippen LogP contribution is 2.25. The number of halogens is 1. The van der Waals surface area contributed by atoms with Gasteiger partial charge in [-0.1, -0.05) is 98.1 Å². The molecular weight excluding hydrogens is 629 g/mol. The van der Waals surface area contributed by atoms with Crippen molar-refractivity contribution in [2.45, 2.75) is 63.8 Å². The molecule has 252 valence electrons. The zero-order chi connectivity index (χ0) is 33.9. The fraction of sp³-hybridized carbons (Fsp3) is 0.316. The summed E-state index contributed by atoms with van der Waals surface area (Å²) in [6.07, 6.45) is 6.01. The quantitative estimate of drug-likeness (QED) is 0.171. The fourth-order valence-electron chi connectivity index (χ4n) is 5.97. The van der Waals surface area contributed by atoms with Crippen molar-refractivity contribution in [3.8, 4) is 5.75 Å². The summed E-state index contributed by atoms with van der Waals surface area (Å²) in [5, 5.41) is 3.15. The van der Waals surface area contributed by atoms with Crippen molar-refractivity contribution in [2.75, 3.05) is 17.1 Å². The first kappa shape index (κ1) is 34.6. The summed E-state index contributed by atoms with van der Waals surface area (Å²) in [5.74, 6) is -0.965. The third kappa shape index (κ3) is 9.67. The topological polar surface area (TPSA) is 96.0 Å². The van der Waals surface area contributed by atoms with Crippen molar-refractivity contribution in [1.82, 2.24) is 10.2 Å². The molecule has 0 unspecified atom stereocenters. The van der Waals surface area contributed by atoms with Crippen LogP contribution >= 0.6 is 0 Å². The lowest BCUT2D eigenvalue weighted by Crippen LogP contribution is -2.55. The molecule has 1 aliphatic rings. The Morgan fingerprint density at radius 3 is 2.06 bits per heavy atom. The van der Waals surface area contributed by atoms with E-state index in [2.05, 4.69) is 5.32 Å². The van der Waals surface area contributed by atoms with Crippen LogP contribution in [0.1, 0.15) is 48.8 Å². The summed E-state index contributed by atoms with van der Waals surface area (Å²) in [5.41, 5.74) is 2.28. The summed E-state index contributed by atoms with van der Waals surface area (Å²) in [6, 6.07) is 30.5. The van der Waals surface area contributed by atoms with E-state index in [1.165, 1.54) is 11.0 Å². The largest absolute Gasteiger partial charge is 0.489 e. The Kier molecular flexibility index (Phi) is 11.8. The highest BCUT2D eigenvalue weighted by atomic mass is 32.2. The molecule has 0 spiro atoms. The van der Waals surface area contributed by atoms with Gasteiger partial charge in [0.25, 0.3) is 0 Å². The van der Waals surface area contributed by atoms with Gasteiger partial charge in [0.1, 0.15) is 30.8 Å². The van der Waals surface area contributed by atoms with E-state index in [9.17, 15) is 18.0 Å². The molecule has 5 rings (SSSR count). The molecule has 1 N–H and O–H groups in total. The highest BCUT2D eigenvalue weighted by molar-refractivity contribution is 7.92. The van der Waals surface area contributed by atoms with Crippen LogP contribution in [0, 0.1) is 5.82 Å². The Morgan fingerprint density at radius 1 is 0.833 bits per heavy atom. The summed E-state index contributed by atoms with van der Waals surface area (Å²) < 4.78 is 48.2. The summed E-state index contributed by atoms with van der Waals surface area (Å²) in [4.78, 5) is 29.7. The standard InChI is InChI=1S/C38H42FN3O5S/c1-48(45,46)42(33-21-23-34(24-22-33)47-28-30-15-7-3-8-16-30)27-37(43)41(26-31-17-11-12-20-35(31)39)36(25-29-13-5-2-6-14-29)38(44)40-32-18-9-4-10-19-32/h2-3,5-8,11-17,20-24,32,36H,4,9-10,18-19,25-28H2,1H3,(H,40,44)/t36-/m0/s1. The van der Waals surface area contributed by atoms with Crippen LogP contribution in [0.3, 0.4) is 0 Å². The lowest BCUT2D eigenvalue weighted by Gasteiger charge is -2.35. The molecule has 0 radical (unpaired) electrons. The van der Waals surface area contributed by atoms with Crippen molar-refractivity contribution in [3.05, 3.63) is 132 Å². The zero-order valence-corrected chi connectivity index (χ0v) is 27.9. The number of carbonyl (C=O) groups is 2. The van der Waals surface area contributed by atoms with Crippen LogP contribution in [0.15, 0.2) is 109 Å². The van der Waals surface area contributed by atoms with E-state index in [1.54, 1.807) is 42.5 Å². The van der Waals surface area contributed by atoms with Gasteiger partial charge in [0.05, 0.1) is 11.9 Å². The lowest BCUT2D eigenvalue weighted by atomic mass is 9.94. The minimum absolute atomic E-state index is 0.0231. The molecule has 48 heavy (non-hydrogen) atoms. The first-order valence-corrected chi connectivity index (χ1v) is 18.1. The van der Waals surface area contributed by atoms with Gasteiger partial charge in [0.2, 0.25) is 21.8 Å². The van der Waals surface area contributed by atoms with Crippen molar-refractivity contribution in [3.63, 3.8) is 0 Å². The van der Waals surface area contributed by atoms with Crippen LogP contribution in [-0.4, -0.2) is 50.0 Å². The molecule has 0 bridgehead atoms. The number of anilines is 1. The summed E-state index contributed by atoms with van der Waals surface area (Å²) >= 11 is 0. The minimum atomic E-state index is -3.95. The second-order valence-corrected chi connectivity index (χ2v) is 14.1. The number of sulfonamides is 1. The summed E-state index contributed by atoms with van der Waals surface area (Å²) in [7, 11) is -3.95. The highest BCUT2D eigenvalue weighted by Gasteiger charge is 2.34. The van der Waals surface area contributed by atoms with Crippen molar-refractivity contribution < 1.29 is 27.1 Å². The Balaban J connectivity index is 1.44. The fourth-order valence-corrected chi connectivity index (χ4v) is 6.82. The SMILES string of the molecule is CS(=O)(=O)N(CC(=O)N(Cc1ccccc1F)[C@@H](Cc1ccccc1)C(=O)NC1CCCCC1)c1ccc(OCc2ccccc2)cc1. The second-order valence-electron chi connectivity index (χ2n) is 12.2. The van der Waals surface area contributed by atoms with E-state index in [0.717, 1.165) is 53.8 Å². The van der Waals surface area contributed by atoms with Gasteiger partial charge >= 0.3 is 0 Å². The third-order valence-corrected chi connectivity index (χ3v) is 9.71. The Hall–Kier alpha value is -4.70. The van der Waals surface area contributed by atoms with Crippen LogP contribution in [0.4, 0.5) is 10.1 Å². The molecule has 0 aliphatic heterocycles. The molecule has 0 aromatic heterocycles. The van der Waals surface area contributed by atoms with Gasteiger partial charge in [-0.15, -0.1) is 0 Å². The van der Waals surface area contributed by atoms with E-state index in [0.29, 0.717) is 12.4 Å². The number of amides is 2. The van der Waals surface area contributed by atoms with E-state index >= 15 is 4.39 Å². The maximum Gasteiger partial charge on any atom is 0.244 e. The maximum atomic E-state index is 15.0. The smallest absolute Gasteiger partial charge is 0.244 e. The zero-order valence-electron chi connectivity index (χ0n) is 27.1. The molecule has 1 saturated carbocycles. The van der Waals surface area contributed by atoms with Crippen molar-refractivity contribution >= 4 is 27.5 Å². The maximum absolute atomic E-state index is 15.0. The normalized spacial score (nSPS) is 14.1. The number of nitrogens with one attached hydrogen (secondary N) is 1. The van der Waals surface area contributed by atoms with Crippen molar-refractivity contribution in [2.24, 2.45) is 0 Å². The number of hydrogen-bond donors (Lipinski definition) is 1. The Labute approximate surface area is 282 Å². The average molecular weight is 672 g/mol. The molecule has 0 saturated heterocycles. The number of nitrogens with zero attached hydrogens (tertiary/aromatic N) is 2. The van der Waals surface area contributed by atoms with E-state index in [-0.39, 0.29) is 36.2 Å². The van der Waals surface area contributed by atoms with Crippen molar-refractivity contribution in [1.29, 1.82) is 0 Å². The first-order chi connectivity index (χ1) is 23.2. The van der Waals surface area contributed by atoms with Gasteiger partial charge in [0.15, 0.2) is 0 Å². The van der Waals surface area contributed by atoms with Crippen LogP contribution in [0.2, 0.25) is 0 Å². The number of hydrogen-bond acceptors (Lipinski definition) is 5. The molecule has 1 fully saturated rings. The summed E-state index contributed by atoms with van der Waals surface area (Å²) in [6.45, 7) is -0.463. The van der Waals surface area contributed by atoms with E-state index < -0.39 is 34.3 Å². The van der Waals surface area contributed by atoms with Gasteiger partial charge in [-0.3, -0.25) is 13.9 Å². The van der Waals surface area contributed by atoms with Crippen LogP contribution in [0.5, 0.6) is 5.75 Å². The average Bonchev–Trinajstić information content (AvgIpc) is 3.09. The monoisotopic (exact) mass is 671 g/mol. The molecular formula is C38H42FN3O5S. The Bertz CT molecular complexity index is 1750. The van der Waals surface area contributed by atoms with Gasteiger partial charge < -0.3 is 15.0 Å². The van der Waals surface area contributed by atoms with Gasteiger partial charge in [-0.2, -0.15) is 0 Å². The number of ether oxygens (including phenoxy) is 1. The molecule has 2 amide bonds. The molecule has 8 nitrogen and oxygen atoms in total. The first-order valence-electron chi connectivity index (χ1n) is 16.3. The molecule has 0 heterocycles. The predicted molar refractivity (Wildman–Crippen MR) is 185 cm³/mol. The van der Waals surface area contributed by atoms with E-state index in [4.69, 9.17) is 4.74 Å². The number of rotatable bonds is 14. The van der Waals surface area contributed by atoms with Gasteiger partial charge in [-0.25, -0.2) is 12.8 Å². The van der Waals surface area contributed by atoms with Gasteiger partial charge in [0, 0.05) is 24.6 Å². The molecule has 4 aromatic rings. The molecule has 1 aliphatic carbocycles. The molecule has 10 heteroatoms. The third-order valence-electron chi connectivity index (χ3n) is 8.57. The van der Waals surface area contributed by atoms with Gasteiger partial charge in [-0.05, 0) is 54.3 Å².